The maximum absolute atomic E-state index is 12.3. The molecule has 0 bridgehead atoms. The van der Waals surface area contributed by atoms with E-state index in [4.69, 9.17) is 8.94 Å². The van der Waals surface area contributed by atoms with Crippen molar-refractivity contribution in [3.8, 4) is 0 Å². The van der Waals surface area contributed by atoms with Crippen LogP contribution in [0.5, 0.6) is 0 Å². The number of hydrogen-bond acceptors (Lipinski definition) is 5. The van der Waals surface area contributed by atoms with Crippen molar-refractivity contribution < 1.29 is 13.7 Å². The molecule has 3 heterocycles. The van der Waals surface area contributed by atoms with Gasteiger partial charge in [-0.15, -0.1) is 24.0 Å². The van der Waals surface area contributed by atoms with E-state index < -0.39 is 0 Å². The van der Waals surface area contributed by atoms with Gasteiger partial charge in [0.25, 0.3) is 5.91 Å². The van der Waals surface area contributed by atoms with Crippen molar-refractivity contribution in [2.75, 3.05) is 33.2 Å². The Labute approximate surface area is 169 Å². The molecule has 26 heavy (non-hydrogen) atoms. The SMILES string of the molecule is CN=C(NCc1c(C)noc1C)N1CCN(C(=O)c2ccco2)CC1.I. The minimum absolute atomic E-state index is 0. The van der Waals surface area contributed by atoms with E-state index in [2.05, 4.69) is 20.4 Å². The Morgan fingerprint density at radius 2 is 1.96 bits per heavy atom. The van der Waals surface area contributed by atoms with Crippen LogP contribution in [0.1, 0.15) is 27.6 Å². The molecule has 3 rings (SSSR count). The highest BCUT2D eigenvalue weighted by molar-refractivity contribution is 14.0. The lowest BCUT2D eigenvalue weighted by molar-refractivity contribution is 0.0657. The van der Waals surface area contributed by atoms with E-state index in [1.807, 2.05) is 13.8 Å². The van der Waals surface area contributed by atoms with E-state index in [9.17, 15) is 4.79 Å². The predicted molar refractivity (Wildman–Crippen MR) is 108 cm³/mol. The molecular formula is C17H24IN5O3. The minimum atomic E-state index is -0.0664. The molecule has 0 aliphatic carbocycles. The molecule has 2 aromatic heterocycles. The molecule has 0 saturated carbocycles. The largest absolute Gasteiger partial charge is 0.459 e. The van der Waals surface area contributed by atoms with Gasteiger partial charge in [-0.25, -0.2) is 0 Å². The zero-order valence-electron chi connectivity index (χ0n) is 15.2. The molecule has 2 aromatic rings. The third-order valence-corrected chi connectivity index (χ3v) is 4.41. The van der Waals surface area contributed by atoms with Crippen molar-refractivity contribution in [1.82, 2.24) is 20.3 Å². The number of nitrogens with one attached hydrogen (secondary N) is 1. The van der Waals surface area contributed by atoms with Crippen molar-refractivity contribution in [2.45, 2.75) is 20.4 Å². The normalized spacial score (nSPS) is 15.0. The number of aliphatic imine (C=N–C) groups is 1. The van der Waals surface area contributed by atoms with Crippen LogP contribution in [0.3, 0.4) is 0 Å². The second-order valence-electron chi connectivity index (χ2n) is 5.96. The highest BCUT2D eigenvalue weighted by atomic mass is 127. The number of rotatable bonds is 3. The average Bonchev–Trinajstić information content (AvgIpc) is 3.27. The first-order chi connectivity index (χ1) is 12.1. The molecule has 0 aromatic carbocycles. The third-order valence-electron chi connectivity index (χ3n) is 4.41. The van der Waals surface area contributed by atoms with Crippen molar-refractivity contribution >= 4 is 35.8 Å². The standard InChI is InChI=1S/C17H23N5O3.HI/c1-12-14(13(2)25-20-12)11-19-17(18-3)22-8-6-21(7-9-22)16(23)15-5-4-10-24-15;/h4-5,10H,6-9,11H2,1-3H3,(H,18,19);1H. The van der Waals surface area contributed by atoms with Crippen LogP contribution in [-0.4, -0.2) is 60.0 Å². The number of guanidine groups is 1. The van der Waals surface area contributed by atoms with Crippen molar-refractivity contribution in [2.24, 2.45) is 4.99 Å². The monoisotopic (exact) mass is 473 g/mol. The fourth-order valence-electron chi connectivity index (χ4n) is 2.93. The molecule has 8 nitrogen and oxygen atoms in total. The molecule has 1 saturated heterocycles. The summed E-state index contributed by atoms with van der Waals surface area (Å²) in [6.07, 6.45) is 1.52. The van der Waals surface area contributed by atoms with Gasteiger partial charge in [0, 0.05) is 45.3 Å². The van der Waals surface area contributed by atoms with Crippen LogP contribution in [0, 0.1) is 13.8 Å². The lowest BCUT2D eigenvalue weighted by Crippen LogP contribution is -2.53. The third kappa shape index (κ3) is 4.37. The van der Waals surface area contributed by atoms with E-state index in [1.165, 1.54) is 6.26 Å². The molecule has 0 radical (unpaired) electrons. The van der Waals surface area contributed by atoms with Gasteiger partial charge in [-0.1, -0.05) is 5.16 Å². The van der Waals surface area contributed by atoms with Crippen molar-refractivity contribution in [3.05, 3.63) is 41.2 Å². The lowest BCUT2D eigenvalue weighted by Gasteiger charge is -2.36. The fraction of sp³-hybridized carbons (Fsp3) is 0.471. The van der Waals surface area contributed by atoms with Gasteiger partial charge >= 0.3 is 0 Å². The van der Waals surface area contributed by atoms with Gasteiger partial charge in [0.2, 0.25) is 0 Å². The van der Waals surface area contributed by atoms with Crippen LogP contribution in [0.25, 0.3) is 0 Å². The maximum atomic E-state index is 12.3. The van der Waals surface area contributed by atoms with Gasteiger partial charge in [-0.3, -0.25) is 9.79 Å². The van der Waals surface area contributed by atoms with E-state index >= 15 is 0 Å². The first-order valence-corrected chi connectivity index (χ1v) is 8.30. The Morgan fingerprint density at radius 1 is 1.27 bits per heavy atom. The quantitative estimate of drug-likeness (QED) is 0.417. The predicted octanol–water partition coefficient (Wildman–Crippen LogP) is 2.04. The summed E-state index contributed by atoms with van der Waals surface area (Å²) in [6, 6.07) is 3.42. The zero-order chi connectivity index (χ0) is 17.8. The Morgan fingerprint density at radius 3 is 2.50 bits per heavy atom. The van der Waals surface area contributed by atoms with Crippen LogP contribution < -0.4 is 5.32 Å². The Hall–Kier alpha value is -2.04. The average molecular weight is 473 g/mol. The van der Waals surface area contributed by atoms with E-state index in [0.717, 1.165) is 23.0 Å². The van der Waals surface area contributed by atoms with Gasteiger partial charge in [0.05, 0.1) is 12.0 Å². The Bertz CT molecular complexity index is 729. The summed E-state index contributed by atoms with van der Waals surface area (Å²) in [5.41, 5.74) is 1.93. The molecule has 1 fully saturated rings. The van der Waals surface area contributed by atoms with Crippen LogP contribution >= 0.6 is 24.0 Å². The van der Waals surface area contributed by atoms with E-state index in [-0.39, 0.29) is 29.9 Å². The number of hydrogen-bond donors (Lipinski definition) is 1. The number of carbonyl (C=O) groups is 1. The number of halogens is 1. The number of carbonyl (C=O) groups excluding carboxylic acids is 1. The lowest BCUT2D eigenvalue weighted by atomic mass is 10.2. The van der Waals surface area contributed by atoms with Gasteiger partial charge < -0.3 is 24.1 Å². The highest BCUT2D eigenvalue weighted by Crippen LogP contribution is 2.13. The Balaban J connectivity index is 0.00000243. The van der Waals surface area contributed by atoms with Gasteiger partial charge in [0.15, 0.2) is 11.7 Å². The summed E-state index contributed by atoms with van der Waals surface area (Å²) in [4.78, 5) is 20.6. The van der Waals surface area contributed by atoms with Crippen LogP contribution in [0.2, 0.25) is 0 Å². The summed E-state index contributed by atoms with van der Waals surface area (Å²) in [5, 5.41) is 7.31. The van der Waals surface area contributed by atoms with Crippen molar-refractivity contribution in [3.63, 3.8) is 0 Å². The molecule has 9 heteroatoms. The molecule has 1 amide bonds. The zero-order valence-corrected chi connectivity index (χ0v) is 17.5. The molecular weight excluding hydrogens is 449 g/mol. The number of amides is 1. The summed E-state index contributed by atoms with van der Waals surface area (Å²) in [7, 11) is 1.76. The van der Waals surface area contributed by atoms with Crippen LogP contribution in [-0.2, 0) is 6.54 Å². The van der Waals surface area contributed by atoms with Crippen LogP contribution in [0.15, 0.2) is 32.3 Å². The van der Waals surface area contributed by atoms with Crippen LogP contribution in [0.4, 0.5) is 0 Å². The molecule has 0 unspecified atom stereocenters. The highest BCUT2D eigenvalue weighted by Gasteiger charge is 2.25. The van der Waals surface area contributed by atoms with E-state index in [0.29, 0.717) is 38.5 Å². The number of piperazine rings is 1. The summed E-state index contributed by atoms with van der Waals surface area (Å²) < 4.78 is 10.4. The van der Waals surface area contributed by atoms with E-state index in [1.54, 1.807) is 24.1 Å². The minimum Gasteiger partial charge on any atom is -0.459 e. The molecule has 1 N–H and O–H groups in total. The number of furan rings is 1. The second-order valence-corrected chi connectivity index (χ2v) is 5.96. The van der Waals surface area contributed by atoms with Crippen molar-refractivity contribution in [1.29, 1.82) is 0 Å². The van der Waals surface area contributed by atoms with Gasteiger partial charge in [-0.05, 0) is 26.0 Å². The summed E-state index contributed by atoms with van der Waals surface area (Å²) in [5.74, 6) is 1.94. The number of nitrogens with zero attached hydrogens (tertiary/aromatic N) is 4. The smallest absolute Gasteiger partial charge is 0.289 e. The molecule has 1 aliphatic rings. The molecule has 0 atom stereocenters. The number of aromatic nitrogens is 1. The molecule has 0 spiro atoms. The first-order valence-electron chi connectivity index (χ1n) is 8.30. The summed E-state index contributed by atoms with van der Waals surface area (Å²) >= 11 is 0. The second kappa shape index (κ2) is 9.06. The topological polar surface area (TPSA) is 87.1 Å². The fourth-order valence-corrected chi connectivity index (χ4v) is 2.93. The molecule has 1 aliphatic heterocycles. The molecule has 142 valence electrons. The maximum Gasteiger partial charge on any atom is 0.289 e. The Kier molecular flexibility index (Phi) is 7.06. The first kappa shape index (κ1) is 20.3. The summed E-state index contributed by atoms with van der Waals surface area (Å²) in [6.45, 7) is 7.13. The van der Waals surface area contributed by atoms with Gasteiger partial charge in [-0.2, -0.15) is 0 Å². The number of aryl methyl sites for hydroxylation is 2. The van der Waals surface area contributed by atoms with Gasteiger partial charge in [0.1, 0.15) is 5.76 Å².